The van der Waals surface area contributed by atoms with Crippen LogP contribution in [0.5, 0.6) is 0 Å². The van der Waals surface area contributed by atoms with Gasteiger partial charge in [-0.1, -0.05) is 26.2 Å². The van der Waals surface area contributed by atoms with Crippen molar-refractivity contribution in [2.45, 2.75) is 62.9 Å². The van der Waals surface area contributed by atoms with Gasteiger partial charge in [-0.15, -0.1) is 11.8 Å². The number of hydrogen-bond acceptors (Lipinski definition) is 5. The summed E-state index contributed by atoms with van der Waals surface area (Å²) in [7, 11) is 0. The number of nitrogens with two attached hydrogens (primary N) is 1. The van der Waals surface area contributed by atoms with Crippen LogP contribution in [0, 0.1) is 11.6 Å². The maximum absolute atomic E-state index is 14.0. The molecular formula is C21H26F2N4O3S. The summed E-state index contributed by atoms with van der Waals surface area (Å²) < 4.78 is 28.4. The van der Waals surface area contributed by atoms with Crippen molar-refractivity contribution in [3.05, 3.63) is 50.7 Å². The zero-order chi connectivity index (χ0) is 22.5. The molecule has 3 N–H and O–H groups in total. The molecule has 168 valence electrons. The number of amides is 1. The predicted octanol–water partition coefficient (Wildman–Crippen LogP) is 3.27. The van der Waals surface area contributed by atoms with E-state index in [0.717, 1.165) is 43.2 Å². The molecule has 0 unspecified atom stereocenters. The zero-order valence-corrected chi connectivity index (χ0v) is 18.1. The van der Waals surface area contributed by atoms with Gasteiger partial charge in [0.25, 0.3) is 5.56 Å². The smallest absolute Gasteiger partial charge is 0.330 e. The van der Waals surface area contributed by atoms with Crippen LogP contribution in [0.1, 0.15) is 45.4 Å². The van der Waals surface area contributed by atoms with E-state index in [1.165, 1.54) is 15.5 Å². The molecule has 1 saturated carbocycles. The van der Waals surface area contributed by atoms with Gasteiger partial charge in [0.05, 0.1) is 5.75 Å². The van der Waals surface area contributed by atoms with E-state index >= 15 is 0 Å². The number of aromatic nitrogens is 2. The number of halogens is 2. The van der Waals surface area contributed by atoms with Crippen LogP contribution >= 0.6 is 11.8 Å². The molecule has 2 aromatic rings. The number of carbonyl (C=O) groups excluding carboxylic acids is 1. The highest BCUT2D eigenvalue weighted by atomic mass is 32.2. The molecule has 1 aromatic carbocycles. The lowest BCUT2D eigenvalue weighted by Gasteiger charge is -2.30. The summed E-state index contributed by atoms with van der Waals surface area (Å²) in [6.07, 6.45) is 4.73. The SMILES string of the molecule is CCCCn1c(N)c(N(C(=O)CSc2ccc(F)cc2F)C2CCCC2)c(=O)[nH]c1=O. The summed E-state index contributed by atoms with van der Waals surface area (Å²) >= 11 is 0.924. The number of H-pyrrole nitrogens is 1. The minimum Gasteiger partial charge on any atom is -0.383 e. The summed E-state index contributed by atoms with van der Waals surface area (Å²) in [5, 5.41) is 0. The van der Waals surface area contributed by atoms with E-state index in [2.05, 4.69) is 4.98 Å². The maximum atomic E-state index is 14.0. The summed E-state index contributed by atoms with van der Waals surface area (Å²) in [6.45, 7) is 2.29. The number of nitrogens with zero attached hydrogens (tertiary/aromatic N) is 2. The second-order valence-corrected chi connectivity index (χ2v) is 8.58. The number of hydrogen-bond donors (Lipinski definition) is 2. The van der Waals surface area contributed by atoms with Gasteiger partial charge >= 0.3 is 5.69 Å². The first-order valence-corrected chi connectivity index (χ1v) is 11.3. The first-order valence-electron chi connectivity index (χ1n) is 10.4. The quantitative estimate of drug-likeness (QED) is 0.599. The Kier molecular flexibility index (Phi) is 7.53. The minimum absolute atomic E-state index is 0.0345. The fourth-order valence-electron chi connectivity index (χ4n) is 3.82. The van der Waals surface area contributed by atoms with Crippen molar-refractivity contribution < 1.29 is 13.6 Å². The molecule has 1 aliphatic carbocycles. The maximum Gasteiger partial charge on any atom is 0.330 e. The van der Waals surface area contributed by atoms with Crippen LogP contribution in [0.15, 0.2) is 32.7 Å². The number of thioether (sulfide) groups is 1. The van der Waals surface area contributed by atoms with Crippen molar-refractivity contribution >= 4 is 29.2 Å². The Balaban J connectivity index is 1.95. The summed E-state index contributed by atoms with van der Waals surface area (Å²) in [5.74, 6) is -2.07. The number of rotatable bonds is 8. The van der Waals surface area contributed by atoms with E-state index in [-0.39, 0.29) is 28.2 Å². The Labute approximate surface area is 182 Å². The van der Waals surface area contributed by atoms with Gasteiger partial charge in [-0.2, -0.15) is 0 Å². The molecule has 1 amide bonds. The number of benzene rings is 1. The molecule has 0 bridgehead atoms. The van der Waals surface area contributed by atoms with Crippen LogP contribution in [0.2, 0.25) is 0 Å². The molecule has 31 heavy (non-hydrogen) atoms. The average Bonchev–Trinajstić information content (AvgIpc) is 3.24. The van der Waals surface area contributed by atoms with Gasteiger partial charge in [-0.25, -0.2) is 13.6 Å². The normalized spacial score (nSPS) is 14.2. The number of aromatic amines is 1. The molecule has 0 spiro atoms. The zero-order valence-electron chi connectivity index (χ0n) is 17.3. The monoisotopic (exact) mass is 452 g/mol. The number of nitrogen functional groups attached to an aromatic ring is 1. The molecule has 7 nitrogen and oxygen atoms in total. The predicted molar refractivity (Wildman–Crippen MR) is 117 cm³/mol. The number of carbonyl (C=O) groups is 1. The van der Waals surface area contributed by atoms with Crippen molar-refractivity contribution in [2.75, 3.05) is 16.4 Å². The van der Waals surface area contributed by atoms with Crippen molar-refractivity contribution in [1.82, 2.24) is 9.55 Å². The van der Waals surface area contributed by atoms with E-state index in [0.29, 0.717) is 25.8 Å². The summed E-state index contributed by atoms with van der Waals surface area (Å²) in [4.78, 5) is 42.0. The van der Waals surface area contributed by atoms with Gasteiger partial charge in [0, 0.05) is 23.5 Å². The molecule has 3 rings (SSSR count). The van der Waals surface area contributed by atoms with Crippen molar-refractivity contribution in [2.24, 2.45) is 0 Å². The van der Waals surface area contributed by atoms with Crippen molar-refractivity contribution in [3.63, 3.8) is 0 Å². The third-order valence-corrected chi connectivity index (χ3v) is 6.43. The van der Waals surface area contributed by atoms with E-state index in [1.807, 2.05) is 6.92 Å². The fourth-order valence-corrected chi connectivity index (χ4v) is 4.60. The highest BCUT2D eigenvalue weighted by molar-refractivity contribution is 8.00. The van der Waals surface area contributed by atoms with Gasteiger partial charge in [0.1, 0.15) is 17.5 Å². The first-order chi connectivity index (χ1) is 14.8. The van der Waals surface area contributed by atoms with Crippen molar-refractivity contribution in [3.8, 4) is 0 Å². The Bertz CT molecular complexity index is 1060. The van der Waals surface area contributed by atoms with Crippen LogP contribution in [0.3, 0.4) is 0 Å². The van der Waals surface area contributed by atoms with Gasteiger partial charge < -0.3 is 10.6 Å². The highest BCUT2D eigenvalue weighted by Crippen LogP contribution is 2.31. The van der Waals surface area contributed by atoms with Gasteiger partial charge in [0.2, 0.25) is 5.91 Å². The largest absolute Gasteiger partial charge is 0.383 e. The molecule has 0 atom stereocenters. The minimum atomic E-state index is -0.754. The third kappa shape index (κ3) is 5.17. The lowest BCUT2D eigenvalue weighted by molar-refractivity contribution is -0.116. The third-order valence-electron chi connectivity index (χ3n) is 5.39. The van der Waals surface area contributed by atoms with Crippen molar-refractivity contribution in [1.29, 1.82) is 0 Å². The Morgan fingerprint density at radius 2 is 2.00 bits per heavy atom. The molecule has 0 aliphatic heterocycles. The molecule has 0 saturated heterocycles. The Hall–Kier alpha value is -2.62. The van der Waals surface area contributed by atoms with E-state index < -0.39 is 28.8 Å². The van der Waals surface area contributed by atoms with E-state index in [4.69, 9.17) is 5.73 Å². The lowest BCUT2D eigenvalue weighted by atomic mass is 10.2. The van der Waals surface area contributed by atoms with Crippen LogP contribution in [-0.4, -0.2) is 27.3 Å². The second kappa shape index (κ2) is 10.1. The number of anilines is 2. The first kappa shape index (κ1) is 23.1. The second-order valence-electron chi connectivity index (χ2n) is 7.56. The van der Waals surface area contributed by atoms with Gasteiger partial charge in [-0.05, 0) is 31.4 Å². The van der Waals surface area contributed by atoms with Crippen LogP contribution in [0.4, 0.5) is 20.3 Å². The highest BCUT2D eigenvalue weighted by Gasteiger charge is 2.32. The standard InChI is InChI=1S/C21H26F2N4O3S/c1-2-3-10-26-19(24)18(20(29)25-21(26)30)27(14-6-4-5-7-14)17(28)12-31-16-9-8-13(22)11-15(16)23/h8-9,11,14H,2-7,10,12,24H2,1H3,(H,25,29,30). The van der Waals surface area contributed by atoms with E-state index in [1.54, 1.807) is 0 Å². The van der Waals surface area contributed by atoms with Crippen LogP contribution in [-0.2, 0) is 11.3 Å². The molecule has 1 aliphatic rings. The fraction of sp³-hybridized carbons (Fsp3) is 0.476. The number of unbranched alkanes of at least 4 members (excludes halogenated alkanes) is 1. The molecule has 1 heterocycles. The topological polar surface area (TPSA) is 101 Å². The van der Waals surface area contributed by atoms with E-state index in [9.17, 15) is 23.2 Å². The summed E-state index contributed by atoms with van der Waals surface area (Å²) in [6, 6.07) is 2.92. The van der Waals surface area contributed by atoms with Crippen LogP contribution in [0.25, 0.3) is 0 Å². The Morgan fingerprint density at radius 1 is 1.29 bits per heavy atom. The Morgan fingerprint density at radius 3 is 2.65 bits per heavy atom. The van der Waals surface area contributed by atoms with Gasteiger partial charge in [0.15, 0.2) is 5.69 Å². The summed E-state index contributed by atoms with van der Waals surface area (Å²) in [5.41, 5.74) is 4.86. The number of nitrogens with one attached hydrogen (secondary N) is 1. The van der Waals surface area contributed by atoms with Gasteiger partial charge in [-0.3, -0.25) is 19.1 Å². The molecule has 1 fully saturated rings. The lowest BCUT2D eigenvalue weighted by Crippen LogP contribution is -2.46. The molecular weight excluding hydrogens is 426 g/mol. The molecule has 1 aromatic heterocycles. The average molecular weight is 453 g/mol. The molecule has 10 heteroatoms. The van der Waals surface area contributed by atoms with Crippen LogP contribution < -0.4 is 21.9 Å². The molecule has 0 radical (unpaired) electrons.